The maximum Gasteiger partial charge on any atom is 0.322 e. The van der Waals surface area contributed by atoms with Gasteiger partial charge in [0.15, 0.2) is 0 Å². The summed E-state index contributed by atoms with van der Waals surface area (Å²) in [5.41, 5.74) is 2.23. The number of aliphatic hydroxyl groups excluding tert-OH is 1. The quantitative estimate of drug-likeness (QED) is 0.839. The molecule has 0 spiro atoms. The van der Waals surface area contributed by atoms with Crippen molar-refractivity contribution in [2.24, 2.45) is 5.92 Å². The van der Waals surface area contributed by atoms with Crippen molar-refractivity contribution in [3.63, 3.8) is 0 Å². The van der Waals surface area contributed by atoms with Gasteiger partial charge in [-0.2, -0.15) is 0 Å². The summed E-state index contributed by atoms with van der Waals surface area (Å²) >= 11 is 0. The summed E-state index contributed by atoms with van der Waals surface area (Å²) in [7, 11) is 0. The lowest BCUT2D eigenvalue weighted by atomic mass is 9.72. The number of aliphatic hydroxyl groups is 1. The zero-order chi connectivity index (χ0) is 20.1. The van der Waals surface area contributed by atoms with Gasteiger partial charge in [-0.15, -0.1) is 0 Å². The highest BCUT2D eigenvalue weighted by atomic mass is 19.1. The van der Waals surface area contributed by atoms with Gasteiger partial charge in [0.05, 0.1) is 18.7 Å². The van der Waals surface area contributed by atoms with Gasteiger partial charge >= 0.3 is 6.03 Å². The minimum absolute atomic E-state index is 0.0299. The molecule has 2 N–H and O–H groups in total. The highest BCUT2D eigenvalue weighted by molar-refractivity contribution is 5.99. The number of nitrogens with zero attached hydrogens (tertiary/aromatic N) is 2. The number of urea groups is 1. The number of likely N-dealkylation sites (tertiary alicyclic amines) is 1. The molecule has 0 bridgehead atoms. The third-order valence-electron chi connectivity index (χ3n) is 6.19. The first-order chi connectivity index (χ1) is 14.1. The molecule has 7 heteroatoms. The monoisotopic (exact) mass is 395 g/mol. The van der Waals surface area contributed by atoms with Crippen LogP contribution in [0.1, 0.15) is 24.3 Å². The van der Waals surface area contributed by atoms with Crippen molar-refractivity contribution in [2.75, 3.05) is 23.4 Å². The zero-order valence-corrected chi connectivity index (χ0v) is 15.8. The third kappa shape index (κ3) is 2.97. The van der Waals surface area contributed by atoms with Crippen LogP contribution in [0.2, 0.25) is 0 Å². The van der Waals surface area contributed by atoms with E-state index >= 15 is 0 Å². The summed E-state index contributed by atoms with van der Waals surface area (Å²) in [5.74, 6) is -0.287. The van der Waals surface area contributed by atoms with E-state index < -0.39 is 11.8 Å². The third-order valence-corrected chi connectivity index (χ3v) is 6.19. The standard InChI is InChI=1S/C22H22FN3O3/c23-14-4-3-5-15(10-14)24-22(29)26-18-11-25(21(28)13-8-9-13)17-7-2-1-6-16(17)20(18)19(26)12-27/h1-7,10,13,18-20,27H,8-9,11-12H2,(H,24,29)/t18-,19+,20+/m1/s1. The molecule has 2 fully saturated rings. The molecular formula is C22H22FN3O3. The van der Waals surface area contributed by atoms with Crippen molar-refractivity contribution in [3.8, 4) is 0 Å². The van der Waals surface area contributed by atoms with Crippen molar-refractivity contribution in [3.05, 3.63) is 59.9 Å². The lowest BCUT2D eigenvalue weighted by molar-refractivity contribution is -0.120. The molecule has 3 aliphatic rings. The van der Waals surface area contributed by atoms with E-state index in [-0.39, 0.29) is 36.4 Å². The number of nitrogens with one attached hydrogen (secondary N) is 1. The molecule has 1 aliphatic carbocycles. The average molecular weight is 395 g/mol. The van der Waals surface area contributed by atoms with Gasteiger partial charge in [0.1, 0.15) is 5.82 Å². The Morgan fingerprint density at radius 1 is 1.14 bits per heavy atom. The molecule has 0 aromatic heterocycles. The van der Waals surface area contributed by atoms with E-state index in [4.69, 9.17) is 0 Å². The molecule has 3 amide bonds. The van der Waals surface area contributed by atoms with Crippen molar-refractivity contribution in [1.29, 1.82) is 0 Å². The van der Waals surface area contributed by atoms with E-state index in [1.54, 1.807) is 15.9 Å². The molecule has 2 heterocycles. The molecule has 29 heavy (non-hydrogen) atoms. The van der Waals surface area contributed by atoms with Gasteiger partial charge in [0.2, 0.25) is 5.91 Å². The second kappa shape index (κ2) is 6.84. The van der Waals surface area contributed by atoms with E-state index in [0.29, 0.717) is 12.2 Å². The summed E-state index contributed by atoms with van der Waals surface area (Å²) < 4.78 is 13.5. The van der Waals surface area contributed by atoms with Gasteiger partial charge in [0.25, 0.3) is 0 Å². The van der Waals surface area contributed by atoms with Crippen LogP contribution >= 0.6 is 0 Å². The van der Waals surface area contributed by atoms with Crippen molar-refractivity contribution < 1.29 is 19.1 Å². The molecule has 0 radical (unpaired) electrons. The predicted octanol–water partition coefficient (Wildman–Crippen LogP) is 2.94. The molecular weight excluding hydrogens is 373 g/mol. The van der Waals surface area contributed by atoms with E-state index in [9.17, 15) is 19.1 Å². The van der Waals surface area contributed by atoms with Crippen molar-refractivity contribution in [1.82, 2.24) is 4.90 Å². The lowest BCUT2D eigenvalue weighted by Crippen LogP contribution is -2.71. The molecule has 0 unspecified atom stereocenters. The first-order valence-electron chi connectivity index (χ1n) is 9.94. The maximum atomic E-state index is 13.5. The highest BCUT2D eigenvalue weighted by Crippen LogP contribution is 2.49. The number of fused-ring (bicyclic) bond motifs is 3. The Bertz CT molecular complexity index is 977. The summed E-state index contributed by atoms with van der Waals surface area (Å²) in [6.07, 6.45) is 1.82. The Balaban J connectivity index is 1.44. The first-order valence-corrected chi connectivity index (χ1v) is 9.94. The molecule has 1 saturated heterocycles. The topological polar surface area (TPSA) is 72.9 Å². The smallest absolute Gasteiger partial charge is 0.322 e. The van der Waals surface area contributed by atoms with Crippen LogP contribution < -0.4 is 10.2 Å². The highest BCUT2D eigenvalue weighted by Gasteiger charge is 2.56. The zero-order valence-electron chi connectivity index (χ0n) is 15.8. The summed E-state index contributed by atoms with van der Waals surface area (Å²) in [4.78, 5) is 29.2. The SMILES string of the molecule is O=C(C1CC1)N1C[C@@H]2[C@H](c3ccccc31)[C@H](CO)N2C(=O)Nc1cccc(F)c1. The van der Waals surface area contributed by atoms with Gasteiger partial charge in [-0.25, -0.2) is 9.18 Å². The predicted molar refractivity (Wildman–Crippen MR) is 106 cm³/mol. The van der Waals surface area contributed by atoms with Crippen LogP contribution in [-0.2, 0) is 4.79 Å². The van der Waals surface area contributed by atoms with Crippen LogP contribution in [0.25, 0.3) is 0 Å². The minimum Gasteiger partial charge on any atom is -0.394 e. The number of anilines is 2. The van der Waals surface area contributed by atoms with E-state index in [1.165, 1.54) is 18.2 Å². The average Bonchev–Trinajstić information content (AvgIpc) is 3.53. The van der Waals surface area contributed by atoms with Crippen LogP contribution in [0.4, 0.5) is 20.6 Å². The number of rotatable bonds is 3. The minimum atomic E-state index is -0.434. The molecule has 150 valence electrons. The number of para-hydroxylation sites is 1. The largest absolute Gasteiger partial charge is 0.394 e. The number of benzene rings is 2. The second-order valence-corrected chi connectivity index (χ2v) is 7.97. The van der Waals surface area contributed by atoms with Gasteiger partial charge in [-0.05, 0) is 42.7 Å². The molecule has 1 saturated carbocycles. The lowest BCUT2D eigenvalue weighted by Gasteiger charge is -2.58. The Morgan fingerprint density at radius 3 is 2.66 bits per heavy atom. The normalized spacial score (nSPS) is 25.0. The Morgan fingerprint density at radius 2 is 1.93 bits per heavy atom. The Labute approximate surface area is 167 Å². The van der Waals surface area contributed by atoms with Crippen LogP contribution in [0.5, 0.6) is 0 Å². The molecule has 3 atom stereocenters. The summed E-state index contributed by atoms with van der Waals surface area (Å²) in [6, 6.07) is 12.5. The van der Waals surface area contributed by atoms with E-state index in [0.717, 1.165) is 24.1 Å². The molecule has 2 aromatic rings. The van der Waals surface area contributed by atoms with Crippen LogP contribution in [0.15, 0.2) is 48.5 Å². The molecule has 2 aromatic carbocycles. The number of carbonyl (C=O) groups is 2. The van der Waals surface area contributed by atoms with Crippen molar-refractivity contribution in [2.45, 2.75) is 30.8 Å². The number of amides is 3. The van der Waals surface area contributed by atoms with E-state index in [2.05, 4.69) is 5.32 Å². The molecule has 5 rings (SSSR count). The second-order valence-electron chi connectivity index (χ2n) is 7.97. The fourth-order valence-corrected chi connectivity index (χ4v) is 4.68. The van der Waals surface area contributed by atoms with Crippen LogP contribution in [0, 0.1) is 11.7 Å². The summed E-state index contributed by atoms with van der Waals surface area (Å²) in [5, 5.41) is 12.7. The first kappa shape index (κ1) is 18.1. The van der Waals surface area contributed by atoms with Crippen LogP contribution in [-0.4, -0.2) is 47.2 Å². The van der Waals surface area contributed by atoms with E-state index in [1.807, 2.05) is 24.3 Å². The van der Waals surface area contributed by atoms with Gasteiger partial charge in [-0.3, -0.25) is 4.79 Å². The molecule has 2 aliphatic heterocycles. The van der Waals surface area contributed by atoms with Crippen molar-refractivity contribution >= 4 is 23.3 Å². The van der Waals surface area contributed by atoms with Gasteiger partial charge in [-0.1, -0.05) is 24.3 Å². The molecule has 6 nitrogen and oxygen atoms in total. The Kier molecular flexibility index (Phi) is 4.28. The maximum absolute atomic E-state index is 13.5. The van der Waals surface area contributed by atoms with Crippen LogP contribution in [0.3, 0.4) is 0 Å². The number of hydrogen-bond acceptors (Lipinski definition) is 3. The van der Waals surface area contributed by atoms with Gasteiger partial charge in [0, 0.05) is 29.8 Å². The number of carbonyl (C=O) groups excluding carboxylic acids is 2. The van der Waals surface area contributed by atoms with Gasteiger partial charge < -0.3 is 20.2 Å². The Hall–Kier alpha value is -2.93. The summed E-state index contributed by atoms with van der Waals surface area (Å²) in [6.45, 7) is 0.229. The fraction of sp³-hybridized carbons (Fsp3) is 0.364. The number of hydrogen-bond donors (Lipinski definition) is 2. The fourth-order valence-electron chi connectivity index (χ4n) is 4.68. The number of halogens is 1.